The molecule has 0 fully saturated rings. The molecule has 16 heavy (non-hydrogen) atoms. The van der Waals surface area contributed by atoms with E-state index in [4.69, 9.17) is 0 Å². The van der Waals surface area contributed by atoms with Gasteiger partial charge in [0.15, 0.2) is 0 Å². The minimum absolute atomic E-state index is 0.322. The van der Waals surface area contributed by atoms with Crippen LogP contribution in [-0.4, -0.2) is 15.8 Å². The van der Waals surface area contributed by atoms with E-state index in [1.807, 2.05) is 25.1 Å². The first kappa shape index (κ1) is 13.0. The third-order valence-corrected chi connectivity index (χ3v) is 2.77. The standard InChI is InChI=1S/C14H22O2/c1-11(2)10-14(3,16)9-8-12-6-4-5-7-13(12)15/h4-7,11,15-16H,8-10H2,1-3H3. The molecule has 0 heterocycles. The molecule has 0 aliphatic heterocycles. The van der Waals surface area contributed by atoms with Crippen LogP contribution >= 0.6 is 0 Å². The predicted octanol–water partition coefficient (Wildman–Crippen LogP) is 3.12. The molecule has 0 amide bonds. The van der Waals surface area contributed by atoms with E-state index in [0.29, 0.717) is 24.5 Å². The Kier molecular flexibility index (Phi) is 4.36. The normalized spacial score (nSPS) is 15.1. The van der Waals surface area contributed by atoms with E-state index in [2.05, 4.69) is 13.8 Å². The molecule has 0 bridgehead atoms. The Balaban J connectivity index is 2.54. The summed E-state index contributed by atoms with van der Waals surface area (Å²) in [5.74, 6) is 0.808. The minimum Gasteiger partial charge on any atom is -0.508 e. The van der Waals surface area contributed by atoms with Crippen LogP contribution < -0.4 is 0 Å². The molecule has 0 aromatic heterocycles. The van der Waals surface area contributed by atoms with Crippen LogP contribution in [0.5, 0.6) is 5.75 Å². The Labute approximate surface area is 97.9 Å². The van der Waals surface area contributed by atoms with Crippen molar-refractivity contribution < 1.29 is 10.2 Å². The second kappa shape index (κ2) is 5.35. The fourth-order valence-electron chi connectivity index (χ4n) is 2.11. The number of aromatic hydroxyl groups is 1. The van der Waals surface area contributed by atoms with Crippen LogP contribution in [-0.2, 0) is 6.42 Å². The second-order valence-corrected chi connectivity index (χ2v) is 5.22. The Morgan fingerprint density at radius 3 is 2.44 bits per heavy atom. The van der Waals surface area contributed by atoms with Crippen molar-refractivity contribution in [3.8, 4) is 5.75 Å². The fourth-order valence-corrected chi connectivity index (χ4v) is 2.11. The van der Waals surface area contributed by atoms with Gasteiger partial charge in [0.05, 0.1) is 5.60 Å². The minimum atomic E-state index is -0.642. The van der Waals surface area contributed by atoms with Crippen LogP contribution in [0, 0.1) is 5.92 Å². The molecule has 1 unspecified atom stereocenters. The molecule has 1 aromatic rings. The molecule has 0 saturated carbocycles. The Bertz CT molecular complexity index is 329. The maximum Gasteiger partial charge on any atom is 0.118 e. The highest BCUT2D eigenvalue weighted by Gasteiger charge is 2.21. The smallest absolute Gasteiger partial charge is 0.118 e. The zero-order valence-electron chi connectivity index (χ0n) is 10.4. The lowest BCUT2D eigenvalue weighted by atomic mass is 9.88. The lowest BCUT2D eigenvalue weighted by Crippen LogP contribution is -2.26. The number of phenolic OH excluding ortho intramolecular Hbond substituents is 1. The number of benzene rings is 1. The van der Waals surface area contributed by atoms with Crippen LogP contribution in [0.15, 0.2) is 24.3 Å². The number of aryl methyl sites for hydroxylation is 1. The number of para-hydroxylation sites is 1. The Morgan fingerprint density at radius 2 is 1.88 bits per heavy atom. The van der Waals surface area contributed by atoms with Gasteiger partial charge in [-0.1, -0.05) is 32.0 Å². The Hall–Kier alpha value is -1.02. The first-order chi connectivity index (χ1) is 7.41. The average molecular weight is 222 g/mol. The van der Waals surface area contributed by atoms with E-state index in [-0.39, 0.29) is 0 Å². The lowest BCUT2D eigenvalue weighted by molar-refractivity contribution is 0.0301. The summed E-state index contributed by atoms with van der Waals surface area (Å²) < 4.78 is 0. The molecule has 90 valence electrons. The van der Waals surface area contributed by atoms with Gasteiger partial charge in [0.25, 0.3) is 0 Å². The van der Waals surface area contributed by atoms with Crippen LogP contribution in [0.4, 0.5) is 0 Å². The molecule has 2 nitrogen and oxygen atoms in total. The summed E-state index contributed by atoms with van der Waals surface area (Å²) in [6, 6.07) is 7.31. The van der Waals surface area contributed by atoms with Gasteiger partial charge in [-0.2, -0.15) is 0 Å². The molecule has 2 heteroatoms. The van der Waals surface area contributed by atoms with Gasteiger partial charge in [-0.3, -0.25) is 0 Å². The van der Waals surface area contributed by atoms with Crippen molar-refractivity contribution in [1.82, 2.24) is 0 Å². The summed E-state index contributed by atoms with van der Waals surface area (Å²) in [6.07, 6.45) is 2.19. The first-order valence-electron chi connectivity index (χ1n) is 5.90. The number of hydrogen-bond acceptors (Lipinski definition) is 2. The van der Waals surface area contributed by atoms with Crippen molar-refractivity contribution in [2.75, 3.05) is 0 Å². The van der Waals surface area contributed by atoms with Crippen molar-refractivity contribution in [1.29, 1.82) is 0 Å². The summed E-state index contributed by atoms with van der Waals surface area (Å²) in [7, 11) is 0. The summed E-state index contributed by atoms with van der Waals surface area (Å²) in [6.45, 7) is 6.08. The third kappa shape index (κ3) is 4.23. The van der Waals surface area contributed by atoms with E-state index in [1.54, 1.807) is 6.07 Å². The molecule has 1 rings (SSSR count). The third-order valence-electron chi connectivity index (χ3n) is 2.77. The van der Waals surface area contributed by atoms with Gasteiger partial charge in [-0.15, -0.1) is 0 Å². The molecule has 0 saturated heterocycles. The summed E-state index contributed by atoms with van der Waals surface area (Å²) in [4.78, 5) is 0. The highest BCUT2D eigenvalue weighted by Crippen LogP contribution is 2.25. The molecular formula is C14H22O2. The van der Waals surface area contributed by atoms with Gasteiger partial charge in [-0.25, -0.2) is 0 Å². The van der Waals surface area contributed by atoms with E-state index in [1.165, 1.54) is 0 Å². The topological polar surface area (TPSA) is 40.5 Å². The first-order valence-corrected chi connectivity index (χ1v) is 5.90. The number of phenols is 1. The molecule has 1 atom stereocenters. The van der Waals surface area contributed by atoms with Crippen molar-refractivity contribution in [2.45, 2.75) is 45.6 Å². The van der Waals surface area contributed by atoms with Crippen LogP contribution in [0.3, 0.4) is 0 Å². The molecule has 0 radical (unpaired) electrons. The van der Waals surface area contributed by atoms with Crippen LogP contribution in [0.1, 0.15) is 39.2 Å². The SMILES string of the molecule is CC(C)CC(C)(O)CCc1ccccc1O. The largest absolute Gasteiger partial charge is 0.508 e. The quantitative estimate of drug-likeness (QED) is 0.803. The van der Waals surface area contributed by atoms with E-state index in [9.17, 15) is 10.2 Å². The summed E-state index contributed by atoms with van der Waals surface area (Å²) in [5, 5.41) is 19.8. The Morgan fingerprint density at radius 1 is 1.25 bits per heavy atom. The van der Waals surface area contributed by atoms with Crippen molar-refractivity contribution in [3.63, 3.8) is 0 Å². The van der Waals surface area contributed by atoms with Gasteiger partial charge in [0.1, 0.15) is 5.75 Å². The lowest BCUT2D eigenvalue weighted by Gasteiger charge is -2.25. The van der Waals surface area contributed by atoms with Gasteiger partial charge in [0, 0.05) is 0 Å². The molecular weight excluding hydrogens is 200 g/mol. The van der Waals surface area contributed by atoms with E-state index < -0.39 is 5.60 Å². The zero-order valence-corrected chi connectivity index (χ0v) is 10.4. The average Bonchev–Trinajstić information content (AvgIpc) is 2.14. The van der Waals surface area contributed by atoms with Crippen molar-refractivity contribution in [3.05, 3.63) is 29.8 Å². The van der Waals surface area contributed by atoms with Crippen LogP contribution in [0.2, 0.25) is 0 Å². The summed E-state index contributed by atoms with van der Waals surface area (Å²) in [5.41, 5.74) is 0.266. The van der Waals surface area contributed by atoms with Gasteiger partial charge in [0.2, 0.25) is 0 Å². The van der Waals surface area contributed by atoms with E-state index in [0.717, 1.165) is 12.0 Å². The van der Waals surface area contributed by atoms with Crippen LogP contribution in [0.25, 0.3) is 0 Å². The maximum absolute atomic E-state index is 10.2. The van der Waals surface area contributed by atoms with Crippen molar-refractivity contribution in [2.24, 2.45) is 5.92 Å². The fraction of sp³-hybridized carbons (Fsp3) is 0.571. The second-order valence-electron chi connectivity index (χ2n) is 5.22. The monoisotopic (exact) mass is 222 g/mol. The summed E-state index contributed by atoms with van der Waals surface area (Å²) >= 11 is 0. The van der Waals surface area contributed by atoms with Crippen molar-refractivity contribution >= 4 is 0 Å². The number of aliphatic hydroxyl groups is 1. The molecule has 0 aliphatic carbocycles. The highest BCUT2D eigenvalue weighted by atomic mass is 16.3. The molecule has 2 N–H and O–H groups in total. The molecule has 1 aromatic carbocycles. The van der Waals surface area contributed by atoms with Gasteiger partial charge >= 0.3 is 0 Å². The van der Waals surface area contributed by atoms with E-state index >= 15 is 0 Å². The number of hydrogen-bond donors (Lipinski definition) is 2. The van der Waals surface area contributed by atoms with Gasteiger partial charge < -0.3 is 10.2 Å². The molecule has 0 spiro atoms. The maximum atomic E-state index is 10.2. The predicted molar refractivity (Wildman–Crippen MR) is 66.5 cm³/mol. The van der Waals surface area contributed by atoms with Gasteiger partial charge in [-0.05, 0) is 43.7 Å². The number of rotatable bonds is 5. The highest BCUT2D eigenvalue weighted by molar-refractivity contribution is 5.31. The molecule has 0 aliphatic rings. The zero-order chi connectivity index (χ0) is 12.2.